The molecule has 1 fully saturated rings. The normalized spacial score (nSPS) is 16.6. The van der Waals surface area contributed by atoms with Crippen LogP contribution in [0, 0.1) is 6.92 Å². The van der Waals surface area contributed by atoms with E-state index in [1.54, 1.807) is 18.3 Å². The summed E-state index contributed by atoms with van der Waals surface area (Å²) in [6.45, 7) is 2.39. The Morgan fingerprint density at radius 1 is 1.28 bits per heavy atom. The first-order chi connectivity index (χ1) is 12.1. The number of aromatic nitrogens is 4. The number of hydrogen-bond donors (Lipinski definition) is 0. The van der Waals surface area contributed by atoms with E-state index in [2.05, 4.69) is 15.1 Å². The first kappa shape index (κ1) is 14.4. The van der Waals surface area contributed by atoms with Gasteiger partial charge in [-0.2, -0.15) is 4.98 Å². The topological polar surface area (TPSA) is 77.1 Å². The average molecular weight is 335 g/mol. The highest BCUT2D eigenvalue weighted by Crippen LogP contribution is 2.40. The number of carbonyl (C=O) groups is 1. The standard InChI is InChI=1S/C18H17N5O2/c1-10-4-3-5-12-14(10)18(24)22(2)8-13-15(19-9-23(12)13)16-20-17(25-21-16)11-6-7-11/h3-5,9,11H,6-8H2,1-2H3. The van der Waals surface area contributed by atoms with Crippen LogP contribution in [0.5, 0.6) is 0 Å². The Labute approximate surface area is 144 Å². The molecule has 0 atom stereocenters. The minimum atomic E-state index is 0.00883. The number of benzene rings is 1. The van der Waals surface area contributed by atoms with E-state index in [1.807, 2.05) is 29.7 Å². The van der Waals surface area contributed by atoms with E-state index in [4.69, 9.17) is 4.52 Å². The molecule has 1 aliphatic heterocycles. The number of fused-ring (bicyclic) bond motifs is 3. The van der Waals surface area contributed by atoms with Crippen LogP contribution in [-0.2, 0) is 6.54 Å². The molecule has 0 spiro atoms. The Hall–Kier alpha value is -2.96. The molecule has 0 radical (unpaired) electrons. The number of imidazole rings is 1. The second-order valence-electron chi connectivity index (χ2n) is 6.77. The van der Waals surface area contributed by atoms with Gasteiger partial charge in [-0.25, -0.2) is 4.98 Å². The van der Waals surface area contributed by atoms with Crippen LogP contribution in [0.25, 0.3) is 17.2 Å². The van der Waals surface area contributed by atoms with Crippen molar-refractivity contribution >= 4 is 5.91 Å². The average Bonchev–Trinajstić information content (AvgIpc) is 3.22. The molecule has 2 aromatic heterocycles. The van der Waals surface area contributed by atoms with Crippen molar-refractivity contribution in [2.45, 2.75) is 32.2 Å². The molecule has 7 heteroatoms. The molecule has 3 heterocycles. The van der Waals surface area contributed by atoms with Crippen molar-refractivity contribution in [2.24, 2.45) is 0 Å². The van der Waals surface area contributed by atoms with Crippen LogP contribution in [0.2, 0.25) is 0 Å². The van der Waals surface area contributed by atoms with Gasteiger partial charge in [-0.05, 0) is 31.4 Å². The predicted octanol–water partition coefficient (Wildman–Crippen LogP) is 2.69. The Morgan fingerprint density at radius 2 is 2.12 bits per heavy atom. The number of hydrogen-bond acceptors (Lipinski definition) is 5. The van der Waals surface area contributed by atoms with E-state index in [-0.39, 0.29) is 5.91 Å². The van der Waals surface area contributed by atoms with Crippen LogP contribution in [-0.4, -0.2) is 37.5 Å². The highest BCUT2D eigenvalue weighted by molar-refractivity contribution is 5.99. The van der Waals surface area contributed by atoms with Crippen molar-refractivity contribution < 1.29 is 9.32 Å². The van der Waals surface area contributed by atoms with E-state index in [1.165, 1.54) is 0 Å². The molecular formula is C18H17N5O2. The van der Waals surface area contributed by atoms with Crippen molar-refractivity contribution in [1.82, 2.24) is 24.6 Å². The molecule has 7 nitrogen and oxygen atoms in total. The van der Waals surface area contributed by atoms with Gasteiger partial charge in [0, 0.05) is 13.0 Å². The zero-order chi connectivity index (χ0) is 17.1. The Balaban J connectivity index is 1.69. The fourth-order valence-corrected chi connectivity index (χ4v) is 3.37. The van der Waals surface area contributed by atoms with Gasteiger partial charge < -0.3 is 9.42 Å². The third-order valence-electron chi connectivity index (χ3n) is 4.90. The molecule has 5 rings (SSSR count). The molecule has 0 unspecified atom stereocenters. The fourth-order valence-electron chi connectivity index (χ4n) is 3.37. The highest BCUT2D eigenvalue weighted by Gasteiger charge is 2.32. The quantitative estimate of drug-likeness (QED) is 0.719. The van der Waals surface area contributed by atoms with Crippen molar-refractivity contribution in [3.63, 3.8) is 0 Å². The number of rotatable bonds is 2. The van der Waals surface area contributed by atoms with Crippen LogP contribution in [0.1, 0.15) is 46.3 Å². The van der Waals surface area contributed by atoms with Crippen LogP contribution >= 0.6 is 0 Å². The molecule has 1 amide bonds. The Kier molecular flexibility index (Phi) is 2.89. The molecule has 0 saturated heterocycles. The lowest BCUT2D eigenvalue weighted by molar-refractivity contribution is 0.0787. The number of aryl methyl sites for hydroxylation is 1. The highest BCUT2D eigenvalue weighted by atomic mass is 16.5. The van der Waals surface area contributed by atoms with Gasteiger partial charge in [0.25, 0.3) is 5.91 Å². The molecule has 1 saturated carbocycles. The van der Waals surface area contributed by atoms with E-state index in [0.717, 1.165) is 29.8 Å². The molecule has 3 aromatic rings. The van der Waals surface area contributed by atoms with Gasteiger partial charge in [-0.3, -0.25) is 9.36 Å². The van der Waals surface area contributed by atoms with Crippen molar-refractivity contribution in [2.75, 3.05) is 7.05 Å². The zero-order valence-electron chi connectivity index (χ0n) is 14.1. The number of nitrogens with zero attached hydrogens (tertiary/aromatic N) is 5. The maximum absolute atomic E-state index is 12.8. The fraction of sp³-hybridized carbons (Fsp3) is 0.333. The SMILES string of the molecule is Cc1cccc2c1C(=O)N(C)Cc1c(-c3noc(C4CC4)n3)ncn1-2. The smallest absolute Gasteiger partial charge is 0.256 e. The summed E-state index contributed by atoms with van der Waals surface area (Å²) >= 11 is 0. The van der Waals surface area contributed by atoms with Gasteiger partial charge in [-0.1, -0.05) is 17.3 Å². The minimum Gasteiger partial charge on any atom is -0.339 e. The van der Waals surface area contributed by atoms with Crippen LogP contribution in [0.15, 0.2) is 29.0 Å². The first-order valence-electron chi connectivity index (χ1n) is 8.39. The summed E-state index contributed by atoms with van der Waals surface area (Å²) in [7, 11) is 1.80. The van der Waals surface area contributed by atoms with Crippen LogP contribution in [0.3, 0.4) is 0 Å². The monoisotopic (exact) mass is 335 g/mol. The summed E-state index contributed by atoms with van der Waals surface area (Å²) in [5, 5.41) is 4.11. The van der Waals surface area contributed by atoms with E-state index in [0.29, 0.717) is 35.4 Å². The summed E-state index contributed by atoms with van der Waals surface area (Å²) in [6.07, 6.45) is 3.95. The van der Waals surface area contributed by atoms with Gasteiger partial charge in [0.1, 0.15) is 12.0 Å². The maximum Gasteiger partial charge on any atom is 0.256 e. The van der Waals surface area contributed by atoms with E-state index >= 15 is 0 Å². The van der Waals surface area contributed by atoms with Gasteiger partial charge in [0.15, 0.2) is 0 Å². The summed E-state index contributed by atoms with van der Waals surface area (Å²) in [6, 6.07) is 5.85. The minimum absolute atomic E-state index is 0.00883. The third kappa shape index (κ3) is 2.12. The molecule has 0 N–H and O–H groups in total. The van der Waals surface area contributed by atoms with E-state index < -0.39 is 0 Å². The third-order valence-corrected chi connectivity index (χ3v) is 4.90. The van der Waals surface area contributed by atoms with E-state index in [9.17, 15) is 4.79 Å². The maximum atomic E-state index is 12.8. The summed E-state index contributed by atoms with van der Waals surface area (Å²) in [5.74, 6) is 1.59. The second-order valence-corrected chi connectivity index (χ2v) is 6.77. The van der Waals surface area contributed by atoms with Gasteiger partial charge in [0.2, 0.25) is 11.7 Å². The molecule has 126 valence electrons. The van der Waals surface area contributed by atoms with Gasteiger partial charge in [0.05, 0.1) is 23.5 Å². The lowest BCUT2D eigenvalue weighted by atomic mass is 10.1. The summed E-state index contributed by atoms with van der Waals surface area (Å²) in [5.41, 5.74) is 4.06. The molecule has 1 aromatic carbocycles. The van der Waals surface area contributed by atoms with Crippen LogP contribution < -0.4 is 0 Å². The molecule has 1 aliphatic carbocycles. The Morgan fingerprint density at radius 3 is 2.92 bits per heavy atom. The lowest BCUT2D eigenvalue weighted by Gasteiger charge is -2.15. The zero-order valence-corrected chi connectivity index (χ0v) is 14.1. The molecule has 2 aliphatic rings. The number of amides is 1. The van der Waals surface area contributed by atoms with Crippen molar-refractivity contribution in [3.8, 4) is 17.2 Å². The van der Waals surface area contributed by atoms with Crippen molar-refractivity contribution in [3.05, 3.63) is 47.2 Å². The predicted molar refractivity (Wildman–Crippen MR) is 89.4 cm³/mol. The summed E-state index contributed by atoms with van der Waals surface area (Å²) in [4.78, 5) is 23.6. The Bertz CT molecular complexity index is 999. The molecule has 0 bridgehead atoms. The largest absolute Gasteiger partial charge is 0.339 e. The number of carbonyl (C=O) groups excluding carboxylic acids is 1. The van der Waals surface area contributed by atoms with Gasteiger partial charge in [-0.15, -0.1) is 0 Å². The van der Waals surface area contributed by atoms with Crippen LogP contribution in [0.4, 0.5) is 0 Å². The van der Waals surface area contributed by atoms with Crippen molar-refractivity contribution in [1.29, 1.82) is 0 Å². The lowest BCUT2D eigenvalue weighted by Crippen LogP contribution is -2.25. The first-order valence-corrected chi connectivity index (χ1v) is 8.39. The molecule has 25 heavy (non-hydrogen) atoms. The second kappa shape index (κ2) is 5.02. The molecular weight excluding hydrogens is 318 g/mol. The van der Waals surface area contributed by atoms with Gasteiger partial charge >= 0.3 is 0 Å². The summed E-state index contributed by atoms with van der Waals surface area (Å²) < 4.78 is 7.34.